The van der Waals surface area contributed by atoms with Crippen LogP contribution in [0.3, 0.4) is 0 Å². The fourth-order valence-electron chi connectivity index (χ4n) is 1.25. The maximum atomic E-state index is 5.10. The molecule has 0 aliphatic rings. The van der Waals surface area contributed by atoms with E-state index in [0.29, 0.717) is 5.92 Å². The van der Waals surface area contributed by atoms with E-state index in [1.165, 1.54) is 0 Å². The van der Waals surface area contributed by atoms with Crippen LogP contribution in [0.4, 0.5) is 0 Å². The quantitative estimate of drug-likeness (QED) is 0.727. The summed E-state index contributed by atoms with van der Waals surface area (Å²) in [4.78, 5) is 4.38. The van der Waals surface area contributed by atoms with E-state index in [1.807, 2.05) is 18.3 Å². The van der Waals surface area contributed by atoms with Gasteiger partial charge in [0.1, 0.15) is 5.75 Å². The summed E-state index contributed by atoms with van der Waals surface area (Å²) in [5.41, 5.74) is 0.856. The first-order valence-electron chi connectivity index (χ1n) is 4.61. The third kappa shape index (κ3) is 1.43. The first kappa shape index (κ1) is 8.99. The van der Waals surface area contributed by atoms with Crippen LogP contribution >= 0.6 is 0 Å². The monoisotopic (exact) mass is 191 g/mol. The van der Waals surface area contributed by atoms with Gasteiger partial charge in [-0.3, -0.25) is 0 Å². The van der Waals surface area contributed by atoms with E-state index in [4.69, 9.17) is 4.74 Å². The van der Waals surface area contributed by atoms with E-state index in [2.05, 4.69) is 23.9 Å². The van der Waals surface area contributed by atoms with Crippen LogP contribution < -0.4 is 4.74 Å². The maximum absolute atomic E-state index is 5.10. The van der Waals surface area contributed by atoms with Crippen molar-refractivity contribution in [3.05, 3.63) is 24.2 Å². The lowest BCUT2D eigenvalue weighted by molar-refractivity contribution is 0.411. The molecule has 0 spiro atoms. The van der Waals surface area contributed by atoms with Crippen molar-refractivity contribution in [2.24, 2.45) is 0 Å². The van der Waals surface area contributed by atoms with E-state index in [1.54, 1.807) is 11.6 Å². The van der Waals surface area contributed by atoms with Crippen molar-refractivity contribution >= 4 is 5.65 Å². The Labute approximate surface area is 82.5 Å². The second kappa shape index (κ2) is 3.29. The first-order chi connectivity index (χ1) is 6.70. The van der Waals surface area contributed by atoms with Gasteiger partial charge in [-0.25, -0.2) is 9.50 Å². The van der Waals surface area contributed by atoms with Gasteiger partial charge < -0.3 is 4.74 Å². The molecule has 0 fully saturated rings. The van der Waals surface area contributed by atoms with Crippen molar-refractivity contribution < 1.29 is 4.74 Å². The minimum atomic E-state index is 0.348. The van der Waals surface area contributed by atoms with Crippen LogP contribution in [0.15, 0.2) is 18.3 Å². The van der Waals surface area contributed by atoms with Gasteiger partial charge in [-0.1, -0.05) is 13.8 Å². The fraction of sp³-hybridized carbons (Fsp3) is 0.400. The Morgan fingerprint density at radius 2 is 2.14 bits per heavy atom. The Balaban J connectivity index is 2.54. The van der Waals surface area contributed by atoms with Crippen molar-refractivity contribution in [3.63, 3.8) is 0 Å². The zero-order valence-corrected chi connectivity index (χ0v) is 8.56. The lowest BCUT2D eigenvalue weighted by atomic mass is 10.2. The molecular weight excluding hydrogens is 178 g/mol. The molecule has 0 atom stereocenters. The molecule has 0 radical (unpaired) electrons. The van der Waals surface area contributed by atoms with Gasteiger partial charge in [0.15, 0.2) is 11.5 Å². The smallest absolute Gasteiger partial charge is 0.155 e. The molecule has 0 aromatic carbocycles. The van der Waals surface area contributed by atoms with Gasteiger partial charge in [0.05, 0.1) is 13.3 Å². The maximum Gasteiger partial charge on any atom is 0.155 e. The Bertz CT molecular complexity index is 448. The molecule has 0 amide bonds. The Morgan fingerprint density at radius 3 is 2.79 bits per heavy atom. The number of hydrogen-bond acceptors (Lipinski definition) is 3. The summed E-state index contributed by atoms with van der Waals surface area (Å²) in [5, 5.41) is 4.35. The van der Waals surface area contributed by atoms with Crippen LogP contribution in [0.5, 0.6) is 5.75 Å². The SMILES string of the molecule is COc1ccc2nc(C(C)C)nn2c1. The van der Waals surface area contributed by atoms with Gasteiger partial charge in [-0.15, -0.1) is 0 Å². The number of methoxy groups -OCH3 is 1. The van der Waals surface area contributed by atoms with E-state index >= 15 is 0 Å². The summed E-state index contributed by atoms with van der Waals surface area (Å²) >= 11 is 0. The lowest BCUT2D eigenvalue weighted by Gasteiger charge is -1.97. The number of fused-ring (bicyclic) bond motifs is 1. The van der Waals surface area contributed by atoms with Crippen molar-refractivity contribution in [1.82, 2.24) is 14.6 Å². The van der Waals surface area contributed by atoms with Gasteiger partial charge in [-0.2, -0.15) is 5.10 Å². The lowest BCUT2D eigenvalue weighted by Crippen LogP contribution is -1.92. The Hall–Kier alpha value is -1.58. The van der Waals surface area contributed by atoms with Crippen molar-refractivity contribution in [2.75, 3.05) is 7.11 Å². The highest BCUT2D eigenvalue weighted by Crippen LogP contribution is 2.14. The van der Waals surface area contributed by atoms with Gasteiger partial charge in [0.25, 0.3) is 0 Å². The van der Waals surface area contributed by atoms with Gasteiger partial charge in [0, 0.05) is 5.92 Å². The highest BCUT2D eigenvalue weighted by atomic mass is 16.5. The molecule has 2 heterocycles. The molecule has 0 aliphatic heterocycles. The van der Waals surface area contributed by atoms with Crippen LogP contribution in [0.2, 0.25) is 0 Å². The second-order valence-electron chi connectivity index (χ2n) is 3.50. The number of ether oxygens (including phenoxy) is 1. The molecule has 4 nitrogen and oxygen atoms in total. The number of nitrogens with zero attached hydrogens (tertiary/aromatic N) is 3. The third-order valence-corrected chi connectivity index (χ3v) is 2.07. The molecule has 0 saturated heterocycles. The molecule has 0 saturated carbocycles. The molecule has 74 valence electrons. The largest absolute Gasteiger partial charge is 0.495 e. The molecule has 0 N–H and O–H groups in total. The molecule has 2 aromatic rings. The van der Waals surface area contributed by atoms with E-state index in [0.717, 1.165) is 17.2 Å². The normalized spacial score (nSPS) is 11.1. The zero-order chi connectivity index (χ0) is 10.1. The van der Waals surface area contributed by atoms with E-state index < -0.39 is 0 Å². The zero-order valence-electron chi connectivity index (χ0n) is 8.56. The minimum Gasteiger partial charge on any atom is -0.495 e. The number of hydrogen-bond donors (Lipinski definition) is 0. The first-order valence-corrected chi connectivity index (χ1v) is 4.61. The van der Waals surface area contributed by atoms with Gasteiger partial charge in [-0.05, 0) is 12.1 Å². The van der Waals surface area contributed by atoms with E-state index in [-0.39, 0.29) is 0 Å². The summed E-state index contributed by atoms with van der Waals surface area (Å²) < 4.78 is 6.85. The number of pyridine rings is 1. The third-order valence-electron chi connectivity index (χ3n) is 2.07. The molecule has 0 unspecified atom stereocenters. The average molecular weight is 191 g/mol. The minimum absolute atomic E-state index is 0.348. The second-order valence-corrected chi connectivity index (χ2v) is 3.50. The molecule has 0 aliphatic carbocycles. The van der Waals surface area contributed by atoms with Crippen molar-refractivity contribution in [3.8, 4) is 5.75 Å². The van der Waals surface area contributed by atoms with Crippen molar-refractivity contribution in [2.45, 2.75) is 19.8 Å². The van der Waals surface area contributed by atoms with Crippen LogP contribution in [0.1, 0.15) is 25.6 Å². The standard InChI is InChI=1S/C10H13N3O/c1-7(2)10-11-9-5-4-8(14-3)6-13(9)12-10/h4-7H,1-3H3. The predicted octanol–water partition coefficient (Wildman–Crippen LogP) is 1.86. The Morgan fingerprint density at radius 1 is 1.36 bits per heavy atom. The number of aromatic nitrogens is 3. The van der Waals surface area contributed by atoms with Gasteiger partial charge in [0.2, 0.25) is 0 Å². The number of rotatable bonds is 2. The molecular formula is C10H13N3O. The van der Waals surface area contributed by atoms with Crippen LogP contribution in [-0.2, 0) is 0 Å². The van der Waals surface area contributed by atoms with Gasteiger partial charge >= 0.3 is 0 Å². The van der Waals surface area contributed by atoms with Crippen molar-refractivity contribution in [1.29, 1.82) is 0 Å². The van der Waals surface area contributed by atoms with Crippen LogP contribution in [0.25, 0.3) is 5.65 Å². The summed E-state index contributed by atoms with van der Waals surface area (Å²) in [7, 11) is 1.64. The molecule has 2 rings (SSSR count). The average Bonchev–Trinajstić information content (AvgIpc) is 2.59. The fourth-order valence-corrected chi connectivity index (χ4v) is 1.25. The van der Waals surface area contributed by atoms with Crippen LogP contribution in [0, 0.1) is 0 Å². The summed E-state index contributed by atoms with van der Waals surface area (Å²) in [6.45, 7) is 4.15. The summed E-state index contributed by atoms with van der Waals surface area (Å²) in [6.07, 6.45) is 1.83. The molecule has 0 bridgehead atoms. The summed E-state index contributed by atoms with van der Waals surface area (Å²) in [5.74, 6) is 2.00. The summed E-state index contributed by atoms with van der Waals surface area (Å²) in [6, 6.07) is 3.78. The Kier molecular flexibility index (Phi) is 2.11. The predicted molar refractivity (Wildman–Crippen MR) is 53.6 cm³/mol. The highest BCUT2D eigenvalue weighted by Gasteiger charge is 2.07. The van der Waals surface area contributed by atoms with E-state index in [9.17, 15) is 0 Å². The molecule has 14 heavy (non-hydrogen) atoms. The molecule has 4 heteroatoms. The topological polar surface area (TPSA) is 39.4 Å². The van der Waals surface area contributed by atoms with Crippen LogP contribution in [-0.4, -0.2) is 21.7 Å². The highest BCUT2D eigenvalue weighted by molar-refractivity contribution is 5.40. The molecule has 2 aromatic heterocycles.